The minimum atomic E-state index is -1.03. The van der Waals surface area contributed by atoms with Crippen LogP contribution in [0.25, 0.3) is 0 Å². The summed E-state index contributed by atoms with van der Waals surface area (Å²) in [6, 6.07) is 14.0. The smallest absolute Gasteiger partial charge is 0.337 e. The highest BCUT2D eigenvalue weighted by Crippen LogP contribution is 2.33. The van der Waals surface area contributed by atoms with Gasteiger partial charge in [-0.05, 0) is 11.1 Å². The van der Waals surface area contributed by atoms with Crippen molar-refractivity contribution in [1.82, 2.24) is 0 Å². The molecule has 3 rings (SSSR count). The first-order valence-corrected chi connectivity index (χ1v) is 6.24. The molecule has 0 radical (unpaired) electrons. The van der Waals surface area contributed by atoms with Crippen LogP contribution in [0.4, 0.5) is 0 Å². The second-order valence-corrected chi connectivity index (χ2v) is 4.60. The maximum atomic E-state index is 12.5. The van der Waals surface area contributed by atoms with Crippen LogP contribution in [0.2, 0.25) is 0 Å². The third kappa shape index (κ3) is 2.00. The van der Waals surface area contributed by atoms with Crippen molar-refractivity contribution in [2.45, 2.75) is 12.7 Å². The third-order valence-electron chi connectivity index (χ3n) is 3.39. The van der Waals surface area contributed by atoms with Crippen LogP contribution in [0.1, 0.15) is 33.2 Å². The Morgan fingerprint density at radius 2 is 1.80 bits per heavy atom. The van der Waals surface area contributed by atoms with Crippen molar-refractivity contribution in [2.24, 2.45) is 0 Å². The molecule has 4 nitrogen and oxygen atoms in total. The molecule has 0 bridgehead atoms. The highest BCUT2D eigenvalue weighted by atomic mass is 16.5. The van der Waals surface area contributed by atoms with Gasteiger partial charge in [0.25, 0.3) is 0 Å². The Hall–Kier alpha value is -2.46. The molecule has 4 heteroatoms. The van der Waals surface area contributed by atoms with Crippen LogP contribution in [0.15, 0.2) is 48.5 Å². The van der Waals surface area contributed by atoms with Crippen molar-refractivity contribution in [3.8, 4) is 0 Å². The van der Waals surface area contributed by atoms with Crippen LogP contribution in [0, 0.1) is 0 Å². The van der Waals surface area contributed by atoms with Gasteiger partial charge in [-0.1, -0.05) is 48.5 Å². The van der Waals surface area contributed by atoms with E-state index in [1.807, 2.05) is 6.07 Å². The zero-order chi connectivity index (χ0) is 14.1. The van der Waals surface area contributed by atoms with Crippen LogP contribution >= 0.6 is 0 Å². The molecule has 1 aliphatic heterocycles. The standard InChI is InChI=1S/C16H12O4/c17-14(10-5-2-1-3-6-10)11-7-4-8-12-13(11)9-20-15(12)16(18)19/h1-8,15H,9H2,(H,18,19)/t15-/m1/s1. The van der Waals surface area contributed by atoms with E-state index in [1.54, 1.807) is 42.5 Å². The van der Waals surface area contributed by atoms with Gasteiger partial charge in [0.1, 0.15) is 0 Å². The van der Waals surface area contributed by atoms with E-state index in [1.165, 1.54) is 0 Å². The molecular formula is C16H12O4. The van der Waals surface area contributed by atoms with Gasteiger partial charge in [-0.25, -0.2) is 4.79 Å². The lowest BCUT2D eigenvalue weighted by Crippen LogP contribution is -2.10. The van der Waals surface area contributed by atoms with E-state index in [2.05, 4.69) is 0 Å². The summed E-state index contributed by atoms with van der Waals surface area (Å²) in [5.41, 5.74) is 2.34. The van der Waals surface area contributed by atoms with E-state index >= 15 is 0 Å². The molecule has 1 N–H and O–H groups in total. The molecule has 1 atom stereocenters. The summed E-state index contributed by atoms with van der Waals surface area (Å²) in [7, 11) is 0. The first kappa shape index (κ1) is 12.6. The lowest BCUT2D eigenvalue weighted by molar-refractivity contribution is -0.149. The van der Waals surface area contributed by atoms with Gasteiger partial charge in [-0.2, -0.15) is 0 Å². The summed E-state index contributed by atoms with van der Waals surface area (Å²) < 4.78 is 5.26. The maximum Gasteiger partial charge on any atom is 0.337 e. The first-order valence-electron chi connectivity index (χ1n) is 6.24. The fourth-order valence-corrected chi connectivity index (χ4v) is 2.43. The fourth-order valence-electron chi connectivity index (χ4n) is 2.43. The number of benzene rings is 2. The average Bonchev–Trinajstić information content (AvgIpc) is 2.91. The Morgan fingerprint density at radius 3 is 2.50 bits per heavy atom. The van der Waals surface area contributed by atoms with Gasteiger partial charge >= 0.3 is 5.97 Å². The molecular weight excluding hydrogens is 256 g/mol. The number of aliphatic carboxylic acids is 1. The molecule has 2 aromatic rings. The molecule has 0 spiro atoms. The molecule has 1 aliphatic rings. The number of carboxylic acids is 1. The summed E-state index contributed by atoms with van der Waals surface area (Å²) in [6.07, 6.45) is -0.978. The van der Waals surface area contributed by atoms with E-state index in [0.717, 1.165) is 0 Å². The summed E-state index contributed by atoms with van der Waals surface area (Å²) in [5, 5.41) is 9.10. The molecule has 0 saturated heterocycles. The van der Waals surface area contributed by atoms with Crippen molar-refractivity contribution >= 4 is 11.8 Å². The Kier molecular flexibility index (Phi) is 3.08. The van der Waals surface area contributed by atoms with Gasteiger partial charge in [0.05, 0.1) is 6.61 Å². The first-order chi connectivity index (χ1) is 9.68. The predicted molar refractivity (Wildman–Crippen MR) is 71.5 cm³/mol. The molecule has 0 amide bonds. The average molecular weight is 268 g/mol. The maximum absolute atomic E-state index is 12.5. The lowest BCUT2D eigenvalue weighted by atomic mass is 9.94. The van der Waals surface area contributed by atoms with E-state index in [9.17, 15) is 9.59 Å². The normalized spacial score (nSPS) is 16.7. The number of carbonyl (C=O) groups is 2. The number of hydrogen-bond acceptors (Lipinski definition) is 3. The largest absolute Gasteiger partial charge is 0.479 e. The highest BCUT2D eigenvalue weighted by Gasteiger charge is 2.32. The molecule has 20 heavy (non-hydrogen) atoms. The summed E-state index contributed by atoms with van der Waals surface area (Å²) >= 11 is 0. The Bertz CT molecular complexity index is 676. The molecule has 0 aromatic heterocycles. The number of carboxylic acid groups (broad SMARTS) is 1. The predicted octanol–water partition coefficient (Wildman–Crippen LogP) is 2.57. The monoisotopic (exact) mass is 268 g/mol. The molecule has 0 saturated carbocycles. The quantitative estimate of drug-likeness (QED) is 0.869. The van der Waals surface area contributed by atoms with Crippen LogP contribution in [0.3, 0.4) is 0 Å². The lowest BCUT2D eigenvalue weighted by Gasteiger charge is -2.07. The molecule has 0 fully saturated rings. The fraction of sp³-hybridized carbons (Fsp3) is 0.125. The van der Waals surface area contributed by atoms with Crippen molar-refractivity contribution in [3.05, 3.63) is 70.8 Å². The van der Waals surface area contributed by atoms with Crippen LogP contribution in [0.5, 0.6) is 0 Å². The second kappa shape index (κ2) is 4.90. The highest BCUT2D eigenvalue weighted by molar-refractivity contribution is 6.10. The van der Waals surface area contributed by atoms with Gasteiger partial charge in [-0.15, -0.1) is 0 Å². The zero-order valence-corrected chi connectivity index (χ0v) is 10.6. The Labute approximate surface area is 115 Å². The van der Waals surface area contributed by atoms with Crippen molar-refractivity contribution in [2.75, 3.05) is 0 Å². The van der Waals surface area contributed by atoms with Crippen LogP contribution in [-0.4, -0.2) is 16.9 Å². The summed E-state index contributed by atoms with van der Waals surface area (Å²) in [4.78, 5) is 23.6. The van der Waals surface area contributed by atoms with E-state index in [4.69, 9.17) is 9.84 Å². The minimum Gasteiger partial charge on any atom is -0.479 e. The number of ketones is 1. The topological polar surface area (TPSA) is 63.6 Å². The molecule has 0 aliphatic carbocycles. The van der Waals surface area contributed by atoms with E-state index < -0.39 is 12.1 Å². The van der Waals surface area contributed by atoms with Gasteiger partial charge in [0, 0.05) is 11.1 Å². The van der Waals surface area contributed by atoms with Gasteiger partial charge < -0.3 is 9.84 Å². The minimum absolute atomic E-state index is 0.114. The zero-order valence-electron chi connectivity index (χ0n) is 10.6. The van der Waals surface area contributed by atoms with E-state index in [-0.39, 0.29) is 12.4 Å². The van der Waals surface area contributed by atoms with E-state index in [0.29, 0.717) is 22.3 Å². The molecule has 100 valence electrons. The van der Waals surface area contributed by atoms with Gasteiger partial charge in [0.15, 0.2) is 11.9 Å². The summed E-state index contributed by atoms with van der Waals surface area (Å²) in [6.45, 7) is 0.154. The van der Waals surface area contributed by atoms with Gasteiger partial charge in [0.2, 0.25) is 0 Å². The summed E-state index contributed by atoms with van der Waals surface area (Å²) in [5.74, 6) is -1.15. The molecule has 2 aromatic carbocycles. The SMILES string of the molecule is O=C(c1ccccc1)c1cccc2c1CO[C@H]2C(=O)O. The number of hydrogen-bond donors (Lipinski definition) is 1. The Balaban J connectivity index is 2.05. The van der Waals surface area contributed by atoms with Gasteiger partial charge in [-0.3, -0.25) is 4.79 Å². The number of ether oxygens (including phenoxy) is 1. The Morgan fingerprint density at radius 1 is 1.05 bits per heavy atom. The second-order valence-electron chi connectivity index (χ2n) is 4.60. The van der Waals surface area contributed by atoms with Crippen LogP contribution < -0.4 is 0 Å². The molecule has 0 unspecified atom stereocenters. The van der Waals surface area contributed by atoms with Crippen molar-refractivity contribution in [1.29, 1.82) is 0 Å². The van der Waals surface area contributed by atoms with Crippen molar-refractivity contribution in [3.63, 3.8) is 0 Å². The third-order valence-corrected chi connectivity index (χ3v) is 3.39. The number of rotatable bonds is 3. The van der Waals surface area contributed by atoms with Crippen molar-refractivity contribution < 1.29 is 19.4 Å². The molecule has 1 heterocycles. The number of fused-ring (bicyclic) bond motifs is 1. The van der Waals surface area contributed by atoms with Crippen LogP contribution in [-0.2, 0) is 16.1 Å². The number of carbonyl (C=O) groups excluding carboxylic acids is 1.